The first-order valence-corrected chi connectivity index (χ1v) is 8.32. The van der Waals surface area contributed by atoms with Gasteiger partial charge in [-0.3, -0.25) is 0 Å². The Bertz CT molecular complexity index is 466. The molecule has 1 aromatic rings. The summed E-state index contributed by atoms with van der Waals surface area (Å²) in [6.45, 7) is 3.27. The molecular weight excluding hydrogens is 338 g/mol. The summed E-state index contributed by atoms with van der Waals surface area (Å²) in [4.78, 5) is 6.74. The van der Waals surface area contributed by atoms with Gasteiger partial charge in [0.1, 0.15) is 5.82 Å². The number of nitrogens with zero attached hydrogens (tertiary/aromatic N) is 2. The molecule has 1 heterocycles. The number of nitrogens with one attached hydrogen (secondary N) is 1. The standard InChI is InChI=1S/C15H23BrClN3/c1-11-5-4-6-15(8-11,20(2)3)10-19-14-13(16)7-12(17)9-18-14/h7,9,11H,4-6,8,10H2,1-3H3,(H,18,19). The highest BCUT2D eigenvalue weighted by atomic mass is 79.9. The molecule has 3 nitrogen and oxygen atoms in total. The van der Waals surface area contributed by atoms with E-state index in [4.69, 9.17) is 11.6 Å². The lowest BCUT2D eigenvalue weighted by molar-refractivity contribution is 0.0881. The minimum absolute atomic E-state index is 0.221. The second-order valence-corrected chi connectivity index (χ2v) is 7.45. The number of halogens is 2. The highest BCUT2D eigenvalue weighted by Gasteiger charge is 2.36. The fraction of sp³-hybridized carbons (Fsp3) is 0.667. The number of aromatic nitrogens is 1. The van der Waals surface area contributed by atoms with Gasteiger partial charge in [0.2, 0.25) is 0 Å². The molecule has 0 spiro atoms. The van der Waals surface area contributed by atoms with Crippen molar-refractivity contribution in [3.8, 4) is 0 Å². The molecular formula is C15H23BrClN3. The zero-order valence-corrected chi connectivity index (χ0v) is 14.8. The van der Waals surface area contributed by atoms with Crippen molar-refractivity contribution in [3.05, 3.63) is 21.8 Å². The van der Waals surface area contributed by atoms with Crippen LogP contribution in [-0.2, 0) is 0 Å². The van der Waals surface area contributed by atoms with Crippen molar-refractivity contribution in [2.45, 2.75) is 38.1 Å². The number of anilines is 1. The van der Waals surface area contributed by atoms with Crippen LogP contribution in [0.4, 0.5) is 5.82 Å². The summed E-state index contributed by atoms with van der Waals surface area (Å²) in [6, 6.07) is 1.88. The molecule has 1 N–H and O–H groups in total. The van der Waals surface area contributed by atoms with Gasteiger partial charge in [0, 0.05) is 18.3 Å². The lowest BCUT2D eigenvalue weighted by Crippen LogP contribution is -2.52. The van der Waals surface area contributed by atoms with Crippen LogP contribution in [0, 0.1) is 5.92 Å². The third kappa shape index (κ3) is 3.66. The van der Waals surface area contributed by atoms with Gasteiger partial charge < -0.3 is 10.2 Å². The average molecular weight is 361 g/mol. The molecule has 20 heavy (non-hydrogen) atoms. The summed E-state index contributed by atoms with van der Waals surface area (Å²) in [6.07, 6.45) is 6.80. The van der Waals surface area contributed by atoms with E-state index in [9.17, 15) is 0 Å². The van der Waals surface area contributed by atoms with Crippen LogP contribution < -0.4 is 5.32 Å². The van der Waals surface area contributed by atoms with Gasteiger partial charge in [0.25, 0.3) is 0 Å². The average Bonchev–Trinajstić information content (AvgIpc) is 2.37. The Morgan fingerprint density at radius 3 is 2.90 bits per heavy atom. The molecule has 1 aliphatic rings. The quantitative estimate of drug-likeness (QED) is 0.861. The lowest BCUT2D eigenvalue weighted by atomic mass is 9.75. The Labute approximate surface area is 135 Å². The summed E-state index contributed by atoms with van der Waals surface area (Å²) in [5, 5.41) is 4.14. The Hall–Kier alpha value is -0.320. The summed E-state index contributed by atoms with van der Waals surface area (Å²) < 4.78 is 0.919. The topological polar surface area (TPSA) is 28.2 Å². The van der Waals surface area contributed by atoms with Crippen molar-refractivity contribution >= 4 is 33.3 Å². The van der Waals surface area contributed by atoms with E-state index < -0.39 is 0 Å². The van der Waals surface area contributed by atoms with Gasteiger partial charge in [0.05, 0.1) is 9.50 Å². The highest BCUT2D eigenvalue weighted by Crippen LogP contribution is 2.36. The van der Waals surface area contributed by atoms with Crippen molar-refractivity contribution < 1.29 is 0 Å². The second-order valence-electron chi connectivity index (χ2n) is 6.16. The SMILES string of the molecule is CC1CCCC(CNc2ncc(Cl)cc2Br)(N(C)C)C1. The third-order valence-corrected chi connectivity index (χ3v) is 5.22. The maximum Gasteiger partial charge on any atom is 0.140 e. The van der Waals surface area contributed by atoms with E-state index in [1.807, 2.05) is 6.07 Å². The first-order valence-electron chi connectivity index (χ1n) is 7.15. The van der Waals surface area contributed by atoms with Crippen LogP contribution in [0.25, 0.3) is 0 Å². The van der Waals surface area contributed by atoms with Gasteiger partial charge >= 0.3 is 0 Å². The van der Waals surface area contributed by atoms with Gasteiger partial charge in [-0.05, 0) is 54.9 Å². The molecule has 112 valence electrons. The molecule has 2 unspecified atom stereocenters. The molecule has 0 aliphatic heterocycles. The van der Waals surface area contributed by atoms with Crippen molar-refractivity contribution in [1.29, 1.82) is 0 Å². The Morgan fingerprint density at radius 1 is 1.55 bits per heavy atom. The van der Waals surface area contributed by atoms with Crippen LogP contribution >= 0.6 is 27.5 Å². The minimum atomic E-state index is 0.221. The highest BCUT2D eigenvalue weighted by molar-refractivity contribution is 9.10. The van der Waals surface area contributed by atoms with E-state index in [2.05, 4.69) is 52.1 Å². The van der Waals surface area contributed by atoms with Crippen molar-refractivity contribution in [3.63, 3.8) is 0 Å². The van der Waals surface area contributed by atoms with E-state index in [1.54, 1.807) is 6.20 Å². The molecule has 0 radical (unpaired) electrons. The van der Waals surface area contributed by atoms with Crippen LogP contribution in [0.5, 0.6) is 0 Å². The predicted octanol–water partition coefficient (Wildman–Crippen LogP) is 4.42. The monoisotopic (exact) mass is 359 g/mol. The summed E-state index contributed by atoms with van der Waals surface area (Å²) in [5.74, 6) is 1.66. The predicted molar refractivity (Wildman–Crippen MR) is 89.5 cm³/mol. The van der Waals surface area contributed by atoms with E-state index in [-0.39, 0.29) is 5.54 Å². The van der Waals surface area contributed by atoms with Gasteiger partial charge in [-0.1, -0.05) is 31.4 Å². The molecule has 5 heteroatoms. The molecule has 2 rings (SSSR count). The number of rotatable bonds is 4. The Kier molecular flexibility index (Phi) is 5.32. The fourth-order valence-electron chi connectivity index (χ4n) is 3.15. The summed E-state index contributed by atoms with van der Waals surface area (Å²) in [7, 11) is 4.37. The maximum absolute atomic E-state index is 5.93. The number of hydrogen-bond acceptors (Lipinski definition) is 3. The molecule has 1 fully saturated rings. The molecule has 0 saturated heterocycles. The fourth-order valence-corrected chi connectivity index (χ4v) is 3.93. The van der Waals surface area contributed by atoms with Crippen molar-refractivity contribution in [2.75, 3.05) is 26.0 Å². The normalized spacial score (nSPS) is 26.8. The first kappa shape index (κ1) is 16.1. The Balaban J connectivity index is 2.09. The molecule has 1 aromatic heterocycles. The zero-order valence-electron chi connectivity index (χ0n) is 12.4. The van der Waals surface area contributed by atoms with Gasteiger partial charge in [-0.25, -0.2) is 4.98 Å². The smallest absolute Gasteiger partial charge is 0.140 e. The van der Waals surface area contributed by atoms with Crippen LogP contribution in [0.15, 0.2) is 16.7 Å². The van der Waals surface area contributed by atoms with Crippen LogP contribution in [0.3, 0.4) is 0 Å². The molecule has 0 aromatic carbocycles. The minimum Gasteiger partial charge on any atom is -0.367 e. The van der Waals surface area contributed by atoms with Gasteiger partial charge in [-0.2, -0.15) is 0 Å². The van der Waals surface area contributed by atoms with Crippen LogP contribution in [0.1, 0.15) is 32.6 Å². The molecule has 1 aliphatic carbocycles. The molecule has 2 atom stereocenters. The maximum atomic E-state index is 5.93. The van der Waals surface area contributed by atoms with Crippen molar-refractivity contribution in [2.24, 2.45) is 5.92 Å². The van der Waals surface area contributed by atoms with Gasteiger partial charge in [-0.15, -0.1) is 0 Å². The first-order chi connectivity index (χ1) is 9.43. The largest absolute Gasteiger partial charge is 0.367 e. The van der Waals surface area contributed by atoms with Crippen molar-refractivity contribution in [1.82, 2.24) is 9.88 Å². The van der Waals surface area contributed by atoms with Crippen LogP contribution in [0.2, 0.25) is 5.02 Å². The molecule has 1 saturated carbocycles. The van der Waals surface area contributed by atoms with E-state index >= 15 is 0 Å². The molecule has 0 amide bonds. The van der Waals surface area contributed by atoms with Crippen LogP contribution in [-0.4, -0.2) is 36.1 Å². The summed E-state index contributed by atoms with van der Waals surface area (Å²) in [5.41, 5.74) is 0.221. The lowest BCUT2D eigenvalue weighted by Gasteiger charge is -2.45. The van der Waals surface area contributed by atoms with E-state index in [0.717, 1.165) is 22.8 Å². The number of pyridine rings is 1. The second kappa shape index (κ2) is 6.63. The van der Waals surface area contributed by atoms with E-state index in [1.165, 1.54) is 25.7 Å². The number of hydrogen-bond donors (Lipinski definition) is 1. The van der Waals surface area contributed by atoms with E-state index in [0.29, 0.717) is 5.02 Å². The zero-order chi connectivity index (χ0) is 14.8. The molecule has 0 bridgehead atoms. The summed E-state index contributed by atoms with van der Waals surface area (Å²) >= 11 is 9.45. The third-order valence-electron chi connectivity index (χ3n) is 4.41. The number of likely N-dealkylation sites (N-methyl/N-ethyl adjacent to an activating group) is 1. The van der Waals surface area contributed by atoms with Gasteiger partial charge in [0.15, 0.2) is 0 Å². The Morgan fingerprint density at radius 2 is 2.30 bits per heavy atom.